The molecule has 1 atom stereocenters. The van der Waals surface area contributed by atoms with Gasteiger partial charge in [-0.15, -0.1) is 11.3 Å². The molecular formula is C25H20N4O4S. The zero-order valence-corrected chi connectivity index (χ0v) is 19.0. The topological polar surface area (TPSA) is 116 Å². The van der Waals surface area contributed by atoms with Crippen molar-refractivity contribution in [3.8, 4) is 6.07 Å². The van der Waals surface area contributed by atoms with E-state index in [1.165, 1.54) is 17.0 Å². The number of ketones is 1. The fourth-order valence-corrected chi connectivity index (χ4v) is 7.06. The van der Waals surface area contributed by atoms with Crippen LogP contribution in [0, 0.1) is 21.4 Å². The van der Waals surface area contributed by atoms with E-state index in [4.69, 9.17) is 0 Å². The normalized spacial score (nSPS) is 21.3. The van der Waals surface area contributed by atoms with E-state index in [2.05, 4.69) is 11.4 Å². The summed E-state index contributed by atoms with van der Waals surface area (Å²) in [6.07, 6.45) is 5.69. The van der Waals surface area contributed by atoms with Crippen LogP contribution in [0.5, 0.6) is 0 Å². The van der Waals surface area contributed by atoms with Gasteiger partial charge in [0, 0.05) is 34.7 Å². The average Bonchev–Trinajstić information content (AvgIpc) is 3.23. The van der Waals surface area contributed by atoms with Gasteiger partial charge < -0.3 is 5.32 Å². The molecule has 0 radical (unpaired) electrons. The van der Waals surface area contributed by atoms with Crippen molar-refractivity contribution in [3.63, 3.8) is 0 Å². The number of nitro groups is 1. The summed E-state index contributed by atoms with van der Waals surface area (Å²) in [4.78, 5) is 40.4. The van der Waals surface area contributed by atoms with Crippen LogP contribution in [0.2, 0.25) is 0 Å². The van der Waals surface area contributed by atoms with Crippen LogP contribution in [0.15, 0.2) is 46.9 Å². The van der Waals surface area contributed by atoms with Gasteiger partial charge in [-0.3, -0.25) is 24.6 Å². The molecule has 8 nitrogen and oxygen atoms in total. The molecule has 4 aliphatic rings. The summed E-state index contributed by atoms with van der Waals surface area (Å²) in [7, 11) is 0. The molecule has 0 spiro atoms. The Balaban J connectivity index is 1.59. The molecule has 2 aliphatic carbocycles. The number of Topliss-reactive ketones (excluding diaryl/α,β-unsaturated/α-hetero) is 1. The van der Waals surface area contributed by atoms with Crippen LogP contribution in [0.25, 0.3) is 0 Å². The number of benzene rings is 1. The Bertz CT molecular complexity index is 1390. The Morgan fingerprint density at radius 1 is 1.09 bits per heavy atom. The Labute approximate surface area is 199 Å². The van der Waals surface area contributed by atoms with E-state index in [0.29, 0.717) is 41.8 Å². The molecule has 1 aromatic carbocycles. The van der Waals surface area contributed by atoms with Gasteiger partial charge in [-0.2, -0.15) is 5.26 Å². The minimum absolute atomic E-state index is 0.0174. The van der Waals surface area contributed by atoms with Gasteiger partial charge in [-0.25, -0.2) is 0 Å². The second kappa shape index (κ2) is 7.64. The molecule has 2 aromatic rings. The maximum atomic E-state index is 13.3. The van der Waals surface area contributed by atoms with Gasteiger partial charge in [0.15, 0.2) is 5.78 Å². The van der Waals surface area contributed by atoms with Crippen LogP contribution in [0.3, 0.4) is 0 Å². The monoisotopic (exact) mass is 472 g/mol. The lowest BCUT2D eigenvalue weighted by Gasteiger charge is -2.42. The van der Waals surface area contributed by atoms with E-state index < -0.39 is 10.8 Å². The minimum Gasteiger partial charge on any atom is -0.307 e. The van der Waals surface area contributed by atoms with E-state index in [1.807, 2.05) is 4.90 Å². The van der Waals surface area contributed by atoms with Gasteiger partial charge in [-0.05, 0) is 49.7 Å². The summed E-state index contributed by atoms with van der Waals surface area (Å²) in [6, 6.07) is 8.24. The summed E-state index contributed by atoms with van der Waals surface area (Å²) in [5.74, 6) is -0.482. The highest BCUT2D eigenvalue weighted by Gasteiger charge is 2.46. The molecule has 1 aromatic heterocycles. The van der Waals surface area contributed by atoms with Crippen molar-refractivity contribution in [2.75, 3.05) is 4.90 Å². The summed E-state index contributed by atoms with van der Waals surface area (Å²) >= 11 is 1.60. The predicted octanol–water partition coefficient (Wildman–Crippen LogP) is 4.62. The van der Waals surface area contributed by atoms with Crippen LogP contribution in [0.4, 0.5) is 10.7 Å². The minimum atomic E-state index is -0.670. The van der Waals surface area contributed by atoms with Crippen molar-refractivity contribution in [2.45, 2.75) is 50.9 Å². The van der Waals surface area contributed by atoms with E-state index >= 15 is 0 Å². The number of nitriles is 1. The zero-order chi connectivity index (χ0) is 23.6. The molecule has 0 saturated carbocycles. The SMILES string of the molecule is N#CC1=C2NC(=O)c3c(sc4c3CCCC4)N2C2=C(C(=O)CCC2)[C@H]1c1ccc([N+](=O)[O-])cc1. The number of nitrogens with zero attached hydrogens (tertiary/aromatic N) is 3. The van der Waals surface area contributed by atoms with Crippen molar-refractivity contribution in [2.24, 2.45) is 0 Å². The standard InChI is InChI=1S/C25H20N4O4S/c26-12-16-20(13-8-10-14(11-9-13)29(32)33)22-17(5-3-6-18(22)30)28-23(16)27-24(31)21-15-4-1-2-7-19(15)34-25(21)28/h8-11,20H,1-7H2,(H,27,31)/t20-/m0/s1. The third-order valence-electron chi connectivity index (χ3n) is 7.13. The number of allylic oxidation sites excluding steroid dienone is 3. The fraction of sp³-hybridized carbons (Fsp3) is 0.320. The highest BCUT2D eigenvalue weighted by atomic mass is 32.1. The van der Waals surface area contributed by atoms with E-state index in [1.54, 1.807) is 23.5 Å². The predicted molar refractivity (Wildman–Crippen MR) is 125 cm³/mol. The third-order valence-corrected chi connectivity index (χ3v) is 8.40. The summed E-state index contributed by atoms with van der Waals surface area (Å²) in [5, 5.41) is 25.2. The van der Waals surface area contributed by atoms with E-state index in [-0.39, 0.29) is 23.0 Å². The molecule has 9 heteroatoms. The smallest absolute Gasteiger partial charge is 0.269 e. The Morgan fingerprint density at radius 2 is 1.85 bits per heavy atom. The number of anilines is 1. The first-order valence-corrected chi connectivity index (χ1v) is 12.2. The lowest BCUT2D eigenvalue weighted by molar-refractivity contribution is -0.384. The second-order valence-electron chi connectivity index (χ2n) is 8.97. The van der Waals surface area contributed by atoms with Crippen molar-refractivity contribution in [1.29, 1.82) is 5.26 Å². The zero-order valence-electron chi connectivity index (χ0n) is 18.2. The van der Waals surface area contributed by atoms with Gasteiger partial charge in [0.05, 0.1) is 28.0 Å². The maximum absolute atomic E-state index is 13.3. The Hall–Kier alpha value is -3.77. The lowest BCUT2D eigenvalue weighted by atomic mass is 9.75. The van der Waals surface area contributed by atoms with Gasteiger partial charge in [0.2, 0.25) is 0 Å². The molecule has 0 unspecified atom stereocenters. The number of non-ortho nitro benzene ring substituents is 1. The highest BCUT2D eigenvalue weighted by Crippen LogP contribution is 2.52. The fourth-order valence-electron chi connectivity index (χ4n) is 5.64. The number of rotatable bonds is 2. The number of carbonyl (C=O) groups excluding carboxylic acids is 2. The molecule has 0 fully saturated rings. The van der Waals surface area contributed by atoms with E-state index in [0.717, 1.165) is 41.9 Å². The number of thiophene rings is 1. The van der Waals surface area contributed by atoms with Crippen molar-refractivity contribution in [1.82, 2.24) is 5.32 Å². The molecule has 0 bridgehead atoms. The highest BCUT2D eigenvalue weighted by molar-refractivity contribution is 7.17. The van der Waals surface area contributed by atoms with Crippen LogP contribution >= 0.6 is 11.3 Å². The Kier molecular flexibility index (Phi) is 4.67. The Morgan fingerprint density at radius 3 is 2.59 bits per heavy atom. The molecule has 1 amide bonds. The summed E-state index contributed by atoms with van der Waals surface area (Å²) in [6.45, 7) is 0. The molecule has 2 aliphatic heterocycles. The van der Waals surface area contributed by atoms with Crippen molar-refractivity contribution >= 4 is 33.7 Å². The number of nitro benzene ring substituents is 1. The second-order valence-corrected chi connectivity index (χ2v) is 10.1. The lowest BCUT2D eigenvalue weighted by Crippen LogP contribution is -2.46. The molecule has 1 N–H and O–H groups in total. The van der Waals surface area contributed by atoms with Crippen molar-refractivity contribution < 1.29 is 14.5 Å². The quantitative estimate of drug-likeness (QED) is 0.503. The molecule has 6 rings (SSSR count). The molecule has 34 heavy (non-hydrogen) atoms. The molecule has 0 saturated heterocycles. The number of hydrogen-bond acceptors (Lipinski definition) is 7. The van der Waals surface area contributed by atoms with E-state index in [9.17, 15) is 25.0 Å². The van der Waals surface area contributed by atoms with Crippen LogP contribution < -0.4 is 10.2 Å². The third kappa shape index (κ3) is 2.88. The molecule has 170 valence electrons. The van der Waals surface area contributed by atoms with Gasteiger partial charge in [-0.1, -0.05) is 12.1 Å². The van der Waals surface area contributed by atoms with Crippen LogP contribution in [-0.4, -0.2) is 16.6 Å². The maximum Gasteiger partial charge on any atom is 0.269 e. The largest absolute Gasteiger partial charge is 0.307 e. The number of carbonyl (C=O) groups is 2. The van der Waals surface area contributed by atoms with Crippen molar-refractivity contribution in [3.05, 3.63) is 78.6 Å². The number of aryl methyl sites for hydroxylation is 1. The molecule has 3 heterocycles. The first-order valence-electron chi connectivity index (χ1n) is 11.4. The number of fused-ring (bicyclic) bond motifs is 6. The average molecular weight is 473 g/mol. The van der Waals surface area contributed by atoms with Gasteiger partial charge >= 0.3 is 0 Å². The van der Waals surface area contributed by atoms with Gasteiger partial charge in [0.1, 0.15) is 10.8 Å². The number of nitrogens with one attached hydrogen (secondary N) is 1. The van der Waals surface area contributed by atoms with Gasteiger partial charge in [0.25, 0.3) is 11.6 Å². The van der Waals surface area contributed by atoms with Crippen LogP contribution in [-0.2, 0) is 17.6 Å². The van der Waals surface area contributed by atoms with Crippen LogP contribution in [0.1, 0.15) is 64.4 Å². The first kappa shape index (κ1) is 20.8. The number of hydrogen-bond donors (Lipinski definition) is 1. The number of amides is 1. The summed E-state index contributed by atoms with van der Waals surface area (Å²) < 4.78 is 0. The molecular weight excluding hydrogens is 452 g/mol. The summed E-state index contributed by atoms with van der Waals surface area (Å²) in [5.41, 5.74) is 4.02. The first-order chi connectivity index (χ1) is 16.5.